The molecular weight excluding hydrogens is 401 g/mol. The van der Waals surface area contributed by atoms with Gasteiger partial charge in [0.25, 0.3) is 10.0 Å². The number of rotatable bonds is 3. The molecule has 5 nitrogen and oxygen atoms in total. The second-order valence-corrected chi connectivity index (χ2v) is 7.25. The second-order valence-electron chi connectivity index (χ2n) is 3.97. The number of sulfonamides is 1. The third-order valence-corrected chi connectivity index (χ3v) is 4.76. The average Bonchev–Trinajstić information content (AvgIpc) is 2.64. The minimum atomic E-state index is -3.72. The van der Waals surface area contributed by atoms with E-state index < -0.39 is 10.0 Å². The molecule has 0 spiro atoms. The summed E-state index contributed by atoms with van der Waals surface area (Å²) in [4.78, 5) is 3.99. The Balaban J connectivity index is 2.36. The normalized spacial score (nSPS) is 11.6. The molecule has 0 aliphatic heterocycles. The second kappa shape index (κ2) is 5.29. The summed E-state index contributed by atoms with van der Waals surface area (Å²) in [5.41, 5.74) is 0.338. The molecule has 0 aliphatic carbocycles. The van der Waals surface area contributed by atoms with Crippen molar-refractivity contribution in [2.45, 2.75) is 11.9 Å². The lowest BCUT2D eigenvalue weighted by molar-refractivity contribution is 0.598. The van der Waals surface area contributed by atoms with Crippen molar-refractivity contribution < 1.29 is 8.42 Å². The van der Waals surface area contributed by atoms with E-state index in [-0.39, 0.29) is 5.03 Å². The first kappa shape index (κ1) is 14.6. The van der Waals surface area contributed by atoms with Crippen LogP contribution in [0.1, 0.15) is 5.82 Å². The summed E-state index contributed by atoms with van der Waals surface area (Å²) >= 11 is 8.10. The summed E-state index contributed by atoms with van der Waals surface area (Å²) in [6.07, 6.45) is 1.46. The number of nitrogens with zero attached hydrogens (tertiary/aromatic N) is 2. The molecule has 1 N–H and O–H groups in total. The van der Waals surface area contributed by atoms with Crippen molar-refractivity contribution in [2.24, 2.45) is 7.05 Å². The molecule has 0 bridgehead atoms. The van der Waals surface area contributed by atoms with Crippen LogP contribution in [-0.4, -0.2) is 18.0 Å². The van der Waals surface area contributed by atoms with Crippen molar-refractivity contribution >= 4 is 49.9 Å². The van der Waals surface area contributed by atoms with E-state index in [0.29, 0.717) is 16.5 Å². The van der Waals surface area contributed by atoms with Crippen molar-refractivity contribution in [3.05, 3.63) is 38.8 Å². The third-order valence-electron chi connectivity index (χ3n) is 2.54. The Morgan fingerprint density at radius 2 is 2.11 bits per heavy atom. The minimum absolute atomic E-state index is 0.0258. The highest BCUT2D eigenvalue weighted by Gasteiger charge is 2.19. The van der Waals surface area contributed by atoms with Crippen LogP contribution >= 0.6 is 34.2 Å². The molecule has 102 valence electrons. The summed E-state index contributed by atoms with van der Waals surface area (Å²) in [5.74, 6) is 0.620. The molecule has 0 aliphatic rings. The van der Waals surface area contributed by atoms with Gasteiger partial charge in [-0.25, -0.2) is 4.98 Å². The van der Waals surface area contributed by atoms with Crippen molar-refractivity contribution in [3.8, 4) is 0 Å². The lowest BCUT2D eigenvalue weighted by atomic mass is 10.3. The topological polar surface area (TPSA) is 64.0 Å². The van der Waals surface area contributed by atoms with Gasteiger partial charge < -0.3 is 4.57 Å². The maximum Gasteiger partial charge on any atom is 0.281 e. The first-order valence-electron chi connectivity index (χ1n) is 5.27. The number of hydrogen-bond donors (Lipinski definition) is 1. The molecule has 0 unspecified atom stereocenters. The van der Waals surface area contributed by atoms with Crippen LogP contribution in [0.15, 0.2) is 29.4 Å². The van der Waals surface area contributed by atoms with Crippen molar-refractivity contribution in [1.82, 2.24) is 9.55 Å². The molecule has 19 heavy (non-hydrogen) atoms. The van der Waals surface area contributed by atoms with E-state index in [1.165, 1.54) is 6.20 Å². The summed E-state index contributed by atoms with van der Waals surface area (Å²) in [5, 5.41) is 0.324. The Labute approximate surface area is 130 Å². The Kier molecular flexibility index (Phi) is 4.07. The molecule has 2 aromatic rings. The van der Waals surface area contributed by atoms with Gasteiger partial charge in [0.1, 0.15) is 5.82 Å². The monoisotopic (exact) mass is 411 g/mol. The van der Waals surface area contributed by atoms with Gasteiger partial charge in [0.2, 0.25) is 0 Å². The summed E-state index contributed by atoms with van der Waals surface area (Å²) in [6.45, 7) is 1.73. The Hall–Kier alpha value is -0.800. The van der Waals surface area contributed by atoms with Gasteiger partial charge in [-0.3, -0.25) is 4.72 Å². The summed E-state index contributed by atoms with van der Waals surface area (Å²) in [7, 11) is -1.98. The van der Waals surface area contributed by atoms with E-state index in [1.807, 2.05) is 0 Å². The largest absolute Gasteiger partial charge is 0.337 e. The van der Waals surface area contributed by atoms with E-state index in [0.717, 1.165) is 3.57 Å². The predicted molar refractivity (Wildman–Crippen MR) is 82.9 cm³/mol. The first-order valence-corrected chi connectivity index (χ1v) is 8.21. The van der Waals surface area contributed by atoms with Crippen LogP contribution in [-0.2, 0) is 17.1 Å². The maximum absolute atomic E-state index is 12.2. The van der Waals surface area contributed by atoms with E-state index in [2.05, 4.69) is 32.3 Å². The van der Waals surface area contributed by atoms with Crippen molar-refractivity contribution in [1.29, 1.82) is 0 Å². The zero-order valence-corrected chi connectivity index (χ0v) is 13.9. The SMILES string of the molecule is Cc1nc(S(=O)(=O)Nc2ccc(I)cc2Cl)cn1C. The average molecular weight is 412 g/mol. The molecular formula is C11H11ClIN3O2S. The molecule has 0 atom stereocenters. The van der Waals surface area contributed by atoms with Crippen LogP contribution in [0.4, 0.5) is 5.69 Å². The number of halogens is 2. The number of benzene rings is 1. The van der Waals surface area contributed by atoms with Crippen molar-refractivity contribution in [2.75, 3.05) is 4.72 Å². The zero-order chi connectivity index (χ0) is 14.2. The van der Waals surface area contributed by atoms with Gasteiger partial charge in [0.05, 0.1) is 10.7 Å². The number of anilines is 1. The third kappa shape index (κ3) is 3.21. The molecule has 1 aromatic heterocycles. The van der Waals surface area contributed by atoms with Gasteiger partial charge >= 0.3 is 0 Å². The highest BCUT2D eigenvalue weighted by atomic mass is 127. The Morgan fingerprint density at radius 1 is 1.42 bits per heavy atom. The van der Waals surface area contributed by atoms with Gasteiger partial charge in [0.15, 0.2) is 5.03 Å². The number of imidazole rings is 1. The number of aromatic nitrogens is 2. The van der Waals surface area contributed by atoms with E-state index in [4.69, 9.17) is 11.6 Å². The first-order chi connectivity index (χ1) is 8.79. The van der Waals surface area contributed by atoms with Gasteiger partial charge in [-0.1, -0.05) is 11.6 Å². The van der Waals surface area contributed by atoms with Crippen LogP contribution < -0.4 is 4.72 Å². The van der Waals surface area contributed by atoms with E-state index in [1.54, 1.807) is 36.7 Å². The van der Waals surface area contributed by atoms with Crippen LogP contribution in [0.3, 0.4) is 0 Å². The fourth-order valence-corrected chi connectivity index (χ4v) is 3.51. The van der Waals surface area contributed by atoms with Gasteiger partial charge in [0, 0.05) is 16.8 Å². The molecule has 0 saturated heterocycles. The number of hydrogen-bond acceptors (Lipinski definition) is 3. The van der Waals surface area contributed by atoms with E-state index in [9.17, 15) is 8.42 Å². The standard InChI is InChI=1S/C11H11ClIN3O2S/c1-7-14-11(6-16(7)2)19(17,18)15-10-4-3-8(13)5-9(10)12/h3-6,15H,1-2H3. The summed E-state index contributed by atoms with van der Waals surface area (Å²) in [6, 6.07) is 5.08. The fraction of sp³-hybridized carbons (Fsp3) is 0.182. The van der Waals surface area contributed by atoms with Gasteiger partial charge in [-0.2, -0.15) is 8.42 Å². The molecule has 0 fully saturated rings. The molecule has 8 heteroatoms. The highest BCUT2D eigenvalue weighted by Crippen LogP contribution is 2.26. The minimum Gasteiger partial charge on any atom is -0.337 e. The van der Waals surface area contributed by atoms with E-state index >= 15 is 0 Å². The molecule has 2 rings (SSSR count). The Bertz CT molecular complexity index is 708. The lowest BCUT2D eigenvalue weighted by Crippen LogP contribution is -2.13. The van der Waals surface area contributed by atoms with Crippen molar-refractivity contribution in [3.63, 3.8) is 0 Å². The fourth-order valence-electron chi connectivity index (χ4n) is 1.43. The van der Waals surface area contributed by atoms with Crippen LogP contribution in [0.5, 0.6) is 0 Å². The Morgan fingerprint density at radius 3 is 2.63 bits per heavy atom. The van der Waals surface area contributed by atoms with Gasteiger partial charge in [-0.05, 0) is 47.7 Å². The lowest BCUT2D eigenvalue weighted by Gasteiger charge is -2.07. The van der Waals surface area contributed by atoms with Crippen LogP contribution in [0.2, 0.25) is 5.02 Å². The van der Waals surface area contributed by atoms with Crippen LogP contribution in [0, 0.1) is 10.5 Å². The molecule has 0 radical (unpaired) electrons. The van der Waals surface area contributed by atoms with Crippen LogP contribution in [0.25, 0.3) is 0 Å². The highest BCUT2D eigenvalue weighted by molar-refractivity contribution is 14.1. The molecule has 0 amide bonds. The molecule has 1 aromatic carbocycles. The molecule has 0 saturated carbocycles. The number of aryl methyl sites for hydroxylation is 2. The predicted octanol–water partition coefficient (Wildman–Crippen LogP) is 2.79. The maximum atomic E-state index is 12.2. The summed E-state index contributed by atoms with van der Waals surface area (Å²) < 4.78 is 29.3. The quantitative estimate of drug-likeness (QED) is 0.790. The van der Waals surface area contributed by atoms with Gasteiger partial charge in [-0.15, -0.1) is 0 Å². The zero-order valence-electron chi connectivity index (χ0n) is 10.2. The number of nitrogens with one attached hydrogen (secondary N) is 1. The molecule has 1 heterocycles. The smallest absolute Gasteiger partial charge is 0.281 e.